The van der Waals surface area contributed by atoms with Crippen LogP contribution >= 0.6 is 0 Å². The van der Waals surface area contributed by atoms with Gasteiger partial charge in [0.2, 0.25) is 10.0 Å². The summed E-state index contributed by atoms with van der Waals surface area (Å²) in [4.78, 5) is 11.7. The maximum atomic E-state index is 12.7. The van der Waals surface area contributed by atoms with Gasteiger partial charge in [0.05, 0.1) is 16.5 Å². The van der Waals surface area contributed by atoms with E-state index in [0.29, 0.717) is 13.0 Å². The first-order valence-corrected chi connectivity index (χ1v) is 7.94. The average Bonchev–Trinajstić information content (AvgIpc) is 2.47. The fourth-order valence-corrected chi connectivity index (χ4v) is 4.36. The second-order valence-corrected chi connectivity index (χ2v) is 6.70. The predicted molar refractivity (Wildman–Crippen MR) is 73.4 cm³/mol. The van der Waals surface area contributed by atoms with Crippen molar-refractivity contribution in [2.75, 3.05) is 6.54 Å². The van der Waals surface area contributed by atoms with Crippen molar-refractivity contribution in [3.05, 3.63) is 29.8 Å². The molecule has 1 atom stereocenters. The highest BCUT2D eigenvalue weighted by atomic mass is 32.2. The molecule has 1 saturated heterocycles. The number of nitriles is 1. The van der Waals surface area contributed by atoms with Crippen molar-refractivity contribution in [3.63, 3.8) is 0 Å². The Kier molecular flexibility index (Phi) is 4.21. The maximum Gasteiger partial charge on any atom is 0.245 e. The van der Waals surface area contributed by atoms with Crippen LogP contribution in [0, 0.1) is 11.3 Å². The van der Waals surface area contributed by atoms with E-state index in [2.05, 4.69) is 0 Å². The Labute approximate surface area is 118 Å². The Morgan fingerprint density at radius 2 is 2.05 bits per heavy atom. The van der Waals surface area contributed by atoms with Crippen LogP contribution < -0.4 is 0 Å². The SMILES string of the molecule is CC(=O)C1CCCCN1S(=O)(=O)c1ccccc1C#N. The standard InChI is InChI=1S/C14H16N2O3S/c1-11(17)13-7-4-5-9-16(13)20(18,19)14-8-3-2-6-12(14)10-15/h2-3,6,8,13H,4-5,7,9H2,1H3. The van der Waals surface area contributed by atoms with Crippen LogP contribution in [0.1, 0.15) is 31.7 Å². The Hall–Kier alpha value is -1.71. The summed E-state index contributed by atoms with van der Waals surface area (Å²) in [6.07, 6.45) is 2.12. The normalized spacial score (nSPS) is 20.3. The fourth-order valence-electron chi connectivity index (χ4n) is 2.51. The van der Waals surface area contributed by atoms with Crippen LogP contribution in [0.4, 0.5) is 0 Å². The van der Waals surface area contributed by atoms with Crippen molar-refractivity contribution in [1.82, 2.24) is 4.31 Å². The molecule has 20 heavy (non-hydrogen) atoms. The van der Waals surface area contributed by atoms with E-state index in [1.54, 1.807) is 12.1 Å². The van der Waals surface area contributed by atoms with Gasteiger partial charge in [-0.25, -0.2) is 8.42 Å². The van der Waals surface area contributed by atoms with Crippen LogP contribution in [0.5, 0.6) is 0 Å². The number of carbonyl (C=O) groups excluding carboxylic acids is 1. The zero-order chi connectivity index (χ0) is 14.8. The summed E-state index contributed by atoms with van der Waals surface area (Å²) in [7, 11) is -3.81. The molecule has 1 heterocycles. The molecular formula is C14H16N2O3S. The van der Waals surface area contributed by atoms with Gasteiger partial charge in [0.1, 0.15) is 11.9 Å². The summed E-state index contributed by atoms with van der Waals surface area (Å²) in [6.45, 7) is 1.74. The number of hydrogen-bond acceptors (Lipinski definition) is 4. The first-order chi connectivity index (χ1) is 9.48. The molecule has 0 amide bonds. The van der Waals surface area contributed by atoms with Crippen molar-refractivity contribution < 1.29 is 13.2 Å². The van der Waals surface area contributed by atoms with Gasteiger partial charge in [-0.3, -0.25) is 4.79 Å². The lowest BCUT2D eigenvalue weighted by molar-refractivity contribution is -0.121. The summed E-state index contributed by atoms with van der Waals surface area (Å²) in [6, 6.07) is 7.38. The largest absolute Gasteiger partial charge is 0.298 e. The van der Waals surface area contributed by atoms with E-state index in [1.165, 1.54) is 23.4 Å². The van der Waals surface area contributed by atoms with Gasteiger partial charge in [-0.1, -0.05) is 18.6 Å². The molecule has 1 fully saturated rings. The van der Waals surface area contributed by atoms with Gasteiger partial charge in [0, 0.05) is 6.54 Å². The van der Waals surface area contributed by atoms with Crippen LogP contribution in [0.3, 0.4) is 0 Å². The lowest BCUT2D eigenvalue weighted by Crippen LogP contribution is -2.47. The molecule has 2 rings (SSSR count). The number of nitrogens with zero attached hydrogens (tertiary/aromatic N) is 2. The minimum Gasteiger partial charge on any atom is -0.298 e. The van der Waals surface area contributed by atoms with E-state index in [1.807, 2.05) is 6.07 Å². The third-order valence-electron chi connectivity index (χ3n) is 3.52. The first-order valence-electron chi connectivity index (χ1n) is 6.50. The van der Waals surface area contributed by atoms with Crippen LogP contribution in [0.15, 0.2) is 29.2 Å². The van der Waals surface area contributed by atoms with Crippen molar-refractivity contribution in [3.8, 4) is 6.07 Å². The lowest BCUT2D eigenvalue weighted by atomic mass is 10.0. The highest BCUT2D eigenvalue weighted by Gasteiger charge is 2.36. The van der Waals surface area contributed by atoms with Crippen molar-refractivity contribution in [2.24, 2.45) is 0 Å². The Balaban J connectivity index is 2.48. The molecule has 1 unspecified atom stereocenters. The van der Waals surface area contributed by atoms with Gasteiger partial charge in [-0.05, 0) is 31.9 Å². The number of ketones is 1. The average molecular weight is 292 g/mol. The highest BCUT2D eigenvalue weighted by molar-refractivity contribution is 7.89. The second kappa shape index (κ2) is 5.73. The molecule has 0 aromatic heterocycles. The summed E-state index contributed by atoms with van der Waals surface area (Å²) in [5.74, 6) is -0.150. The molecule has 0 radical (unpaired) electrons. The Morgan fingerprint density at radius 3 is 2.70 bits per heavy atom. The number of benzene rings is 1. The smallest absolute Gasteiger partial charge is 0.245 e. The number of Topliss-reactive ketones (excluding diaryl/α,β-unsaturated/α-hetero) is 1. The Morgan fingerprint density at radius 1 is 1.35 bits per heavy atom. The van der Waals surface area contributed by atoms with Crippen molar-refractivity contribution >= 4 is 15.8 Å². The van der Waals surface area contributed by atoms with Gasteiger partial charge in [0.25, 0.3) is 0 Å². The van der Waals surface area contributed by atoms with Crippen LogP contribution in [0.25, 0.3) is 0 Å². The zero-order valence-electron chi connectivity index (χ0n) is 11.2. The molecule has 0 spiro atoms. The molecule has 1 aliphatic heterocycles. The molecule has 1 aromatic rings. The van der Waals surface area contributed by atoms with Gasteiger partial charge in [0.15, 0.2) is 0 Å². The van der Waals surface area contributed by atoms with Crippen LogP contribution in [-0.4, -0.2) is 31.1 Å². The molecule has 0 saturated carbocycles. The molecule has 5 nitrogen and oxygen atoms in total. The quantitative estimate of drug-likeness (QED) is 0.849. The molecule has 106 valence electrons. The van der Waals surface area contributed by atoms with Crippen LogP contribution in [0.2, 0.25) is 0 Å². The molecule has 1 aromatic carbocycles. The van der Waals surface area contributed by atoms with Crippen molar-refractivity contribution in [2.45, 2.75) is 37.1 Å². The van der Waals surface area contributed by atoms with E-state index < -0.39 is 16.1 Å². The number of piperidine rings is 1. The number of rotatable bonds is 3. The summed E-state index contributed by atoms with van der Waals surface area (Å²) < 4.78 is 26.7. The third-order valence-corrected chi connectivity index (χ3v) is 5.48. The fraction of sp³-hybridized carbons (Fsp3) is 0.429. The molecule has 0 aliphatic carbocycles. The van der Waals surface area contributed by atoms with Crippen molar-refractivity contribution in [1.29, 1.82) is 5.26 Å². The highest BCUT2D eigenvalue weighted by Crippen LogP contribution is 2.27. The number of sulfonamides is 1. The van der Waals surface area contributed by atoms with E-state index >= 15 is 0 Å². The van der Waals surface area contributed by atoms with Gasteiger partial charge < -0.3 is 0 Å². The monoisotopic (exact) mass is 292 g/mol. The minimum atomic E-state index is -3.81. The summed E-state index contributed by atoms with van der Waals surface area (Å²) >= 11 is 0. The molecule has 1 aliphatic rings. The lowest BCUT2D eigenvalue weighted by Gasteiger charge is -2.33. The molecule has 6 heteroatoms. The summed E-state index contributed by atoms with van der Waals surface area (Å²) in [5, 5.41) is 9.06. The van der Waals surface area contributed by atoms with Gasteiger partial charge in [-0.15, -0.1) is 0 Å². The second-order valence-electron chi connectivity index (χ2n) is 4.85. The van der Waals surface area contributed by atoms with Gasteiger partial charge in [-0.2, -0.15) is 9.57 Å². The third kappa shape index (κ3) is 2.60. The van der Waals surface area contributed by atoms with E-state index in [-0.39, 0.29) is 16.2 Å². The number of carbonyl (C=O) groups is 1. The maximum absolute atomic E-state index is 12.7. The van der Waals surface area contributed by atoms with E-state index in [4.69, 9.17) is 5.26 Å². The molecular weight excluding hydrogens is 276 g/mol. The van der Waals surface area contributed by atoms with E-state index in [9.17, 15) is 13.2 Å². The Bertz CT molecular complexity index is 661. The number of hydrogen-bond donors (Lipinski definition) is 0. The topological polar surface area (TPSA) is 78.2 Å². The first kappa shape index (κ1) is 14.7. The predicted octanol–water partition coefficient (Wildman–Crippen LogP) is 1.69. The minimum absolute atomic E-state index is 0.0179. The summed E-state index contributed by atoms with van der Waals surface area (Å²) in [5.41, 5.74) is 0.111. The zero-order valence-corrected chi connectivity index (χ0v) is 12.1. The van der Waals surface area contributed by atoms with Crippen LogP contribution in [-0.2, 0) is 14.8 Å². The van der Waals surface area contributed by atoms with Gasteiger partial charge >= 0.3 is 0 Å². The molecule has 0 N–H and O–H groups in total. The molecule has 0 bridgehead atoms. The van der Waals surface area contributed by atoms with E-state index in [0.717, 1.165) is 12.8 Å².